The molecule has 3 radical (unpaired) electrons. The topological polar surface area (TPSA) is 252 Å². The van der Waals surface area contributed by atoms with Crippen LogP contribution in [0, 0.1) is 58.0 Å². The van der Waals surface area contributed by atoms with E-state index in [1.54, 1.807) is 19.0 Å². The van der Waals surface area contributed by atoms with E-state index in [-0.39, 0.29) is 98.2 Å². The van der Waals surface area contributed by atoms with Crippen molar-refractivity contribution in [3.8, 4) is 62.0 Å². The van der Waals surface area contributed by atoms with E-state index < -0.39 is 36.6 Å². The molecule has 139 heavy (non-hydrogen) atoms. The second kappa shape index (κ2) is 46.4. The molecule has 733 valence electrons. The van der Waals surface area contributed by atoms with Gasteiger partial charge in [0.15, 0.2) is 0 Å². The van der Waals surface area contributed by atoms with Crippen molar-refractivity contribution in [3.05, 3.63) is 303 Å². The summed E-state index contributed by atoms with van der Waals surface area (Å²) in [6.07, 6.45) is 15.2. The molecule has 0 aliphatic heterocycles. The van der Waals surface area contributed by atoms with Crippen LogP contribution in [0.2, 0.25) is 0 Å². The molecule has 18 rings (SSSR count). The molecule has 0 spiro atoms. The molecular formula is C118H135Ir3N12O6-3. The fourth-order valence-electron chi connectivity index (χ4n) is 15.9. The molecule has 21 heteroatoms. The van der Waals surface area contributed by atoms with Gasteiger partial charge < -0.3 is 59.3 Å². The zero-order valence-electron chi connectivity index (χ0n) is 84.5. The van der Waals surface area contributed by atoms with E-state index in [2.05, 4.69) is 314 Å². The van der Waals surface area contributed by atoms with Crippen LogP contribution in [-0.4, -0.2) is 126 Å². The van der Waals surface area contributed by atoms with Crippen LogP contribution in [0.3, 0.4) is 0 Å². The number of aryl methyl sites for hydroxylation is 2. The number of rotatable bonds is 15. The smallest absolute Gasteiger partial charge is 0.105 e. The Morgan fingerprint density at radius 3 is 1.07 bits per heavy atom. The minimum Gasteiger partial charge on any atom is -0.392 e. The predicted molar refractivity (Wildman–Crippen MR) is 560 cm³/mol. The Hall–Kier alpha value is -10.7. The summed E-state index contributed by atoms with van der Waals surface area (Å²) in [5.41, 5.74) is 18.9. The Labute approximate surface area is 861 Å². The third-order valence-corrected chi connectivity index (χ3v) is 25.2. The first-order valence-corrected chi connectivity index (χ1v) is 47.4. The van der Waals surface area contributed by atoms with Crippen molar-refractivity contribution < 1.29 is 91.0 Å². The van der Waals surface area contributed by atoms with E-state index in [0.29, 0.717) is 19.3 Å². The molecule has 18 aromatic rings. The van der Waals surface area contributed by atoms with Gasteiger partial charge in [-0.3, -0.25) is 15.0 Å². The van der Waals surface area contributed by atoms with Crippen molar-refractivity contribution in [1.82, 2.24) is 58.6 Å². The normalized spacial score (nSPS) is 13.3. The van der Waals surface area contributed by atoms with Crippen molar-refractivity contribution in [2.75, 3.05) is 0 Å². The number of para-hydroxylation sites is 3. The van der Waals surface area contributed by atoms with Gasteiger partial charge in [-0.05, 0) is 173 Å². The molecule has 18 nitrogen and oxygen atoms in total. The van der Waals surface area contributed by atoms with Gasteiger partial charge in [0.2, 0.25) is 0 Å². The van der Waals surface area contributed by atoms with Crippen molar-refractivity contribution in [2.24, 2.45) is 32.5 Å². The van der Waals surface area contributed by atoms with Crippen LogP contribution in [0.25, 0.3) is 149 Å². The molecule has 6 unspecified atom stereocenters. The van der Waals surface area contributed by atoms with E-state index in [1.807, 2.05) is 156 Å². The summed E-state index contributed by atoms with van der Waals surface area (Å²) < 4.78 is 6.67. The van der Waals surface area contributed by atoms with Crippen molar-refractivity contribution in [1.29, 1.82) is 0 Å². The number of pyridine rings is 3. The second-order valence-corrected chi connectivity index (χ2v) is 43.3. The van der Waals surface area contributed by atoms with E-state index in [4.69, 9.17) is 15.0 Å². The minimum absolute atomic E-state index is 0. The molecule has 0 saturated heterocycles. The number of aliphatic hydroxyl groups is 6. The van der Waals surface area contributed by atoms with Crippen molar-refractivity contribution in [2.45, 2.75) is 233 Å². The van der Waals surface area contributed by atoms with Gasteiger partial charge in [-0.15, -0.1) is 34.9 Å². The Balaban J connectivity index is 0.000000180. The largest absolute Gasteiger partial charge is 0.392 e. The average molecular weight is 2390 g/mol. The first-order chi connectivity index (χ1) is 64.2. The number of aliphatic hydroxyl groups excluding tert-OH is 6. The number of hydrogen-bond donors (Lipinski definition) is 6. The van der Waals surface area contributed by atoms with Gasteiger partial charge in [-0.2, -0.15) is 0 Å². The van der Waals surface area contributed by atoms with E-state index in [9.17, 15) is 30.6 Å². The van der Waals surface area contributed by atoms with Crippen LogP contribution in [0.5, 0.6) is 0 Å². The zero-order valence-corrected chi connectivity index (χ0v) is 91.6. The molecule has 0 bridgehead atoms. The van der Waals surface area contributed by atoms with Crippen LogP contribution in [0.1, 0.15) is 195 Å². The molecule has 0 aliphatic rings. The molecule has 0 fully saturated rings. The van der Waals surface area contributed by atoms with Crippen LogP contribution >= 0.6 is 0 Å². The number of benzene rings is 9. The second-order valence-electron chi connectivity index (χ2n) is 43.3. The van der Waals surface area contributed by atoms with Crippen LogP contribution in [0.15, 0.2) is 268 Å². The Morgan fingerprint density at radius 2 is 0.640 bits per heavy atom. The van der Waals surface area contributed by atoms with Gasteiger partial charge in [-0.1, -0.05) is 357 Å². The van der Waals surface area contributed by atoms with Crippen molar-refractivity contribution >= 4 is 87.4 Å². The summed E-state index contributed by atoms with van der Waals surface area (Å²) in [5, 5.41) is 70.1. The SMILES string of the molecule is CC(C)(C)C(O)CC(O)C(C)(C)C.CC(C)(C)C(O)CC(O)C(C)(C)C.CC(C)(C)C(O)CC(O)C(C)(C)C.CC(C)(C)c1cc(-c2[c-]nc3c(c2)c2ccccc2n3-c2ccc3ccccc3c2)ncn1.CCCc1cc(-c2[c-]nc3c(c2)c2ccccc2n3-c2ccc(-c3ccccc3)cc2)ncn1.Cc1cc(-c2[c-]nc3c(c2)c2ccccc2n3-c2cccc3ccccc23)ncn1.[Ir].[Ir].[Ir]. The maximum Gasteiger partial charge on any atom is 0.105 e. The standard InChI is InChI=1S/C30H23N4.C29H23N4.C26H17N4.3C11H24O2.3Ir/c1-2-8-24-18-28(33-20-32-24)23-17-27-26-11-6-7-12-29(26)34(30(27)31-19-23)25-15-13-22(14-16-25)21-9-4-3-5-10-21;1-29(2,3)27-16-25(31-18-32-27)21-15-24-23-10-6-7-11-26(23)33(28(24)30-17-21)22-13-12-19-8-4-5-9-20(19)14-22;1-17-13-23(29-16-28-17)19-14-22-21-10-4-5-11-25(21)30(26(22)27-15-19)24-12-6-8-18-7-2-3-9-20(18)24;3*1-10(2,3)8(12)7-9(13)11(4,5)6;;;/h3-7,9-18,20H,2,8H2,1H3;4-16,18H,1-3H3;2-14,16H,1H3;3*8-9,12-13H,7H2,1-6H3;;;/q3*-1;;;;;;. The molecule has 9 heterocycles. The monoisotopic (exact) mass is 2390 g/mol. The fourth-order valence-corrected chi connectivity index (χ4v) is 15.9. The van der Waals surface area contributed by atoms with Gasteiger partial charge in [0.05, 0.1) is 53.6 Å². The van der Waals surface area contributed by atoms with Gasteiger partial charge in [0, 0.05) is 141 Å². The number of nitrogens with zero attached hydrogens (tertiary/aromatic N) is 12. The zero-order chi connectivity index (χ0) is 98.2. The predicted octanol–water partition coefficient (Wildman–Crippen LogP) is 26.4. The first-order valence-electron chi connectivity index (χ1n) is 47.4. The van der Waals surface area contributed by atoms with E-state index in [1.165, 1.54) is 32.7 Å². The van der Waals surface area contributed by atoms with E-state index in [0.717, 1.165) is 147 Å². The Morgan fingerprint density at radius 1 is 0.295 bits per heavy atom. The Bertz CT molecular complexity index is 6980. The van der Waals surface area contributed by atoms with Gasteiger partial charge in [0.25, 0.3) is 0 Å². The maximum absolute atomic E-state index is 9.76. The van der Waals surface area contributed by atoms with E-state index >= 15 is 0 Å². The quantitative estimate of drug-likeness (QED) is 0.0522. The minimum atomic E-state index is -0.443. The Kier molecular flexibility index (Phi) is 36.8. The van der Waals surface area contributed by atoms with Crippen LogP contribution in [0.4, 0.5) is 0 Å². The molecule has 6 N–H and O–H groups in total. The average Bonchev–Trinajstić information content (AvgIpc) is 1.60. The fraction of sp³-hybridized carbons (Fsp3) is 0.347. The summed E-state index contributed by atoms with van der Waals surface area (Å²) >= 11 is 0. The van der Waals surface area contributed by atoms with Gasteiger partial charge in [-0.25, -0.2) is 15.0 Å². The number of fused-ring (bicyclic) bond motifs is 11. The van der Waals surface area contributed by atoms with Crippen LogP contribution in [-0.2, 0) is 72.2 Å². The molecular weight excluding hydrogens is 2260 g/mol. The summed E-state index contributed by atoms with van der Waals surface area (Å²) in [7, 11) is 0. The third kappa shape index (κ3) is 27.2. The molecule has 9 aromatic carbocycles. The van der Waals surface area contributed by atoms with Crippen molar-refractivity contribution in [3.63, 3.8) is 0 Å². The molecule has 0 aliphatic carbocycles. The first kappa shape index (κ1) is 110. The molecule has 6 atom stereocenters. The van der Waals surface area contributed by atoms with Crippen LogP contribution < -0.4 is 0 Å². The van der Waals surface area contributed by atoms with Gasteiger partial charge >= 0.3 is 0 Å². The summed E-state index contributed by atoms with van der Waals surface area (Å²) in [5.74, 6) is 0. The summed E-state index contributed by atoms with van der Waals surface area (Å²) in [6, 6.07) is 86.7. The molecule has 9 aromatic heterocycles. The van der Waals surface area contributed by atoms with Gasteiger partial charge in [0.1, 0.15) is 19.0 Å². The number of aromatic nitrogens is 12. The molecule has 0 amide bonds. The maximum atomic E-state index is 9.76. The summed E-state index contributed by atoms with van der Waals surface area (Å²) in [4.78, 5) is 40.9. The molecule has 0 saturated carbocycles. The number of hydrogen-bond acceptors (Lipinski definition) is 15. The third-order valence-electron chi connectivity index (χ3n) is 25.2. The summed E-state index contributed by atoms with van der Waals surface area (Å²) in [6.45, 7) is 46.2.